The molecule has 5 heteroatoms. The Bertz CT molecular complexity index is 701. The first kappa shape index (κ1) is 14.8. The van der Waals surface area contributed by atoms with Crippen molar-refractivity contribution >= 4 is 23.5 Å². The SMILES string of the molecule is C=C(C)CN(CC)c1nc2ccccn2c1/C=C/C(=O)O. The monoisotopic (exact) mass is 285 g/mol. The Morgan fingerprint density at radius 1 is 1.52 bits per heavy atom. The number of carboxylic acids is 1. The summed E-state index contributed by atoms with van der Waals surface area (Å²) < 4.78 is 1.88. The summed E-state index contributed by atoms with van der Waals surface area (Å²) in [7, 11) is 0. The van der Waals surface area contributed by atoms with Crippen LogP contribution >= 0.6 is 0 Å². The number of nitrogens with zero attached hydrogens (tertiary/aromatic N) is 3. The molecule has 0 bridgehead atoms. The second-order valence-electron chi connectivity index (χ2n) is 4.89. The van der Waals surface area contributed by atoms with E-state index >= 15 is 0 Å². The number of pyridine rings is 1. The molecule has 0 radical (unpaired) electrons. The molecule has 21 heavy (non-hydrogen) atoms. The molecule has 2 heterocycles. The van der Waals surface area contributed by atoms with Crippen LogP contribution < -0.4 is 4.90 Å². The summed E-state index contributed by atoms with van der Waals surface area (Å²) >= 11 is 0. The van der Waals surface area contributed by atoms with Crippen LogP contribution in [0.1, 0.15) is 19.5 Å². The molecule has 0 fully saturated rings. The van der Waals surface area contributed by atoms with Crippen molar-refractivity contribution < 1.29 is 9.90 Å². The van der Waals surface area contributed by atoms with Gasteiger partial charge in [0.25, 0.3) is 0 Å². The molecular formula is C16H19N3O2. The molecule has 0 unspecified atom stereocenters. The summed E-state index contributed by atoms with van der Waals surface area (Å²) in [6.07, 6.45) is 4.59. The molecule has 2 rings (SSSR count). The van der Waals surface area contributed by atoms with Gasteiger partial charge in [0, 0.05) is 25.4 Å². The normalized spacial score (nSPS) is 11.1. The first-order chi connectivity index (χ1) is 10.0. The third kappa shape index (κ3) is 3.31. The smallest absolute Gasteiger partial charge is 0.328 e. The molecule has 5 nitrogen and oxygen atoms in total. The molecular weight excluding hydrogens is 266 g/mol. The largest absolute Gasteiger partial charge is 0.478 e. The highest BCUT2D eigenvalue weighted by atomic mass is 16.4. The first-order valence-electron chi connectivity index (χ1n) is 6.80. The Balaban J connectivity index is 2.57. The van der Waals surface area contributed by atoms with Gasteiger partial charge in [0.15, 0.2) is 5.82 Å². The minimum absolute atomic E-state index is 0.689. The second kappa shape index (κ2) is 6.26. The topological polar surface area (TPSA) is 57.8 Å². The fraction of sp³-hybridized carbons (Fsp3) is 0.250. The van der Waals surface area contributed by atoms with Gasteiger partial charge in [-0.3, -0.25) is 4.40 Å². The van der Waals surface area contributed by atoms with E-state index in [-0.39, 0.29) is 0 Å². The fourth-order valence-electron chi connectivity index (χ4n) is 2.20. The molecule has 0 atom stereocenters. The van der Waals surface area contributed by atoms with E-state index in [4.69, 9.17) is 5.11 Å². The quantitative estimate of drug-likeness (QED) is 0.655. The van der Waals surface area contributed by atoms with Crippen molar-refractivity contribution in [2.24, 2.45) is 0 Å². The third-order valence-corrected chi connectivity index (χ3v) is 3.07. The highest BCUT2D eigenvalue weighted by Gasteiger charge is 2.15. The zero-order valence-electron chi connectivity index (χ0n) is 12.3. The molecule has 0 saturated heterocycles. The van der Waals surface area contributed by atoms with Crippen LogP contribution in [0, 0.1) is 0 Å². The predicted octanol–water partition coefficient (Wildman–Crippen LogP) is 2.83. The second-order valence-corrected chi connectivity index (χ2v) is 4.89. The summed E-state index contributed by atoms with van der Waals surface area (Å²) in [5.41, 5.74) is 2.58. The predicted molar refractivity (Wildman–Crippen MR) is 84.6 cm³/mol. The van der Waals surface area contributed by atoms with Crippen LogP contribution in [-0.4, -0.2) is 33.6 Å². The molecule has 0 aliphatic heterocycles. The Hall–Kier alpha value is -2.56. The van der Waals surface area contributed by atoms with Gasteiger partial charge < -0.3 is 10.0 Å². The first-order valence-corrected chi connectivity index (χ1v) is 6.80. The van der Waals surface area contributed by atoms with E-state index in [2.05, 4.69) is 16.5 Å². The number of hydrogen-bond donors (Lipinski definition) is 1. The van der Waals surface area contributed by atoms with Gasteiger partial charge in [-0.2, -0.15) is 0 Å². The van der Waals surface area contributed by atoms with Gasteiger partial charge in [-0.1, -0.05) is 18.2 Å². The lowest BCUT2D eigenvalue weighted by Crippen LogP contribution is -2.25. The number of hydrogen-bond acceptors (Lipinski definition) is 3. The van der Waals surface area contributed by atoms with Crippen LogP contribution in [0.3, 0.4) is 0 Å². The molecule has 0 aliphatic rings. The van der Waals surface area contributed by atoms with Crippen LogP contribution in [0.5, 0.6) is 0 Å². The molecule has 0 amide bonds. The van der Waals surface area contributed by atoms with Crippen molar-refractivity contribution in [1.29, 1.82) is 0 Å². The van der Waals surface area contributed by atoms with Gasteiger partial charge in [0.1, 0.15) is 5.65 Å². The number of likely N-dealkylation sites (N-methyl/N-ethyl adjacent to an activating group) is 1. The van der Waals surface area contributed by atoms with E-state index in [1.807, 2.05) is 42.6 Å². The Labute approximate surface area is 123 Å². The van der Waals surface area contributed by atoms with Crippen molar-refractivity contribution in [3.8, 4) is 0 Å². The molecule has 0 spiro atoms. The average molecular weight is 285 g/mol. The van der Waals surface area contributed by atoms with Crippen LogP contribution in [0.15, 0.2) is 42.6 Å². The maximum atomic E-state index is 10.8. The van der Waals surface area contributed by atoms with E-state index in [0.717, 1.165) is 35.4 Å². The molecule has 1 N–H and O–H groups in total. The summed E-state index contributed by atoms with van der Waals surface area (Å²) in [4.78, 5) is 17.5. The lowest BCUT2D eigenvalue weighted by atomic mass is 10.3. The minimum Gasteiger partial charge on any atom is -0.478 e. The standard InChI is InChI=1S/C16H19N3O2/c1-4-18(11-12(2)3)16-13(8-9-15(20)21)19-10-6-5-7-14(19)17-16/h5-10H,2,4,11H2,1,3H3,(H,20,21)/b9-8+. The Morgan fingerprint density at radius 3 is 2.90 bits per heavy atom. The van der Waals surface area contributed by atoms with Crippen LogP contribution in [0.4, 0.5) is 5.82 Å². The van der Waals surface area contributed by atoms with Crippen LogP contribution in [-0.2, 0) is 4.79 Å². The maximum Gasteiger partial charge on any atom is 0.328 e. The lowest BCUT2D eigenvalue weighted by Gasteiger charge is -2.21. The van der Waals surface area contributed by atoms with Gasteiger partial charge in [-0.25, -0.2) is 9.78 Å². The van der Waals surface area contributed by atoms with Crippen molar-refractivity contribution in [3.05, 3.63) is 48.3 Å². The van der Waals surface area contributed by atoms with Crippen LogP contribution in [0.2, 0.25) is 0 Å². The summed E-state index contributed by atoms with van der Waals surface area (Å²) in [6.45, 7) is 9.40. The van der Waals surface area contributed by atoms with Crippen molar-refractivity contribution in [1.82, 2.24) is 9.38 Å². The number of carbonyl (C=O) groups is 1. The van der Waals surface area contributed by atoms with Gasteiger partial charge >= 0.3 is 5.97 Å². The number of aromatic nitrogens is 2. The number of carboxylic acid groups (broad SMARTS) is 1. The van der Waals surface area contributed by atoms with Gasteiger partial charge in [0.05, 0.1) is 5.69 Å². The lowest BCUT2D eigenvalue weighted by molar-refractivity contribution is -0.131. The number of aliphatic carboxylic acids is 1. The van der Waals surface area contributed by atoms with E-state index < -0.39 is 5.97 Å². The van der Waals surface area contributed by atoms with E-state index in [0.29, 0.717) is 6.54 Å². The van der Waals surface area contributed by atoms with Crippen molar-refractivity contribution in [3.63, 3.8) is 0 Å². The highest BCUT2D eigenvalue weighted by molar-refractivity contribution is 5.86. The fourth-order valence-corrected chi connectivity index (χ4v) is 2.20. The number of rotatable bonds is 6. The Morgan fingerprint density at radius 2 is 2.29 bits per heavy atom. The number of anilines is 1. The summed E-state index contributed by atoms with van der Waals surface area (Å²) in [5.74, 6) is -0.209. The number of imidazole rings is 1. The molecule has 2 aromatic rings. The molecule has 0 aromatic carbocycles. The van der Waals surface area contributed by atoms with Crippen LogP contribution in [0.25, 0.3) is 11.7 Å². The third-order valence-electron chi connectivity index (χ3n) is 3.07. The summed E-state index contributed by atoms with van der Waals surface area (Å²) in [6, 6.07) is 5.70. The zero-order valence-corrected chi connectivity index (χ0v) is 12.3. The van der Waals surface area contributed by atoms with E-state index in [1.165, 1.54) is 0 Å². The summed E-state index contributed by atoms with van der Waals surface area (Å²) in [5, 5.41) is 8.87. The molecule has 0 aliphatic carbocycles. The van der Waals surface area contributed by atoms with Crippen molar-refractivity contribution in [2.75, 3.05) is 18.0 Å². The van der Waals surface area contributed by atoms with E-state index in [1.54, 1.807) is 6.08 Å². The van der Waals surface area contributed by atoms with Gasteiger partial charge in [-0.05, 0) is 32.1 Å². The number of fused-ring (bicyclic) bond motifs is 1. The van der Waals surface area contributed by atoms with Gasteiger partial charge in [0.2, 0.25) is 0 Å². The van der Waals surface area contributed by atoms with Crippen molar-refractivity contribution in [2.45, 2.75) is 13.8 Å². The Kier molecular flexibility index (Phi) is 4.42. The average Bonchev–Trinajstić information content (AvgIpc) is 2.80. The minimum atomic E-state index is -0.977. The molecule has 110 valence electrons. The maximum absolute atomic E-state index is 10.8. The van der Waals surface area contributed by atoms with E-state index in [9.17, 15) is 4.79 Å². The molecule has 0 saturated carbocycles. The molecule has 2 aromatic heterocycles. The zero-order chi connectivity index (χ0) is 15.4. The van der Waals surface area contributed by atoms with Gasteiger partial charge in [-0.15, -0.1) is 0 Å². The highest BCUT2D eigenvalue weighted by Crippen LogP contribution is 2.23.